The van der Waals surface area contributed by atoms with E-state index in [-0.39, 0.29) is 23.3 Å². The van der Waals surface area contributed by atoms with Crippen molar-refractivity contribution in [3.05, 3.63) is 60.2 Å². The van der Waals surface area contributed by atoms with E-state index in [1.807, 2.05) is 35.9 Å². The molecule has 5 nitrogen and oxygen atoms in total. The van der Waals surface area contributed by atoms with Gasteiger partial charge in [0, 0.05) is 22.6 Å². The third-order valence-corrected chi connectivity index (χ3v) is 4.97. The quantitative estimate of drug-likeness (QED) is 0.421. The van der Waals surface area contributed by atoms with E-state index in [4.69, 9.17) is 5.10 Å². The van der Waals surface area contributed by atoms with E-state index in [0.717, 1.165) is 38.9 Å². The van der Waals surface area contributed by atoms with Gasteiger partial charge in [-0.2, -0.15) is 5.10 Å². The van der Waals surface area contributed by atoms with Gasteiger partial charge < -0.3 is 15.3 Å². The number of rotatable bonds is 3. The number of phenolic OH excluding ortho intramolecular Hbond substituents is 3. The molecule has 1 heterocycles. The van der Waals surface area contributed by atoms with Crippen LogP contribution in [0.2, 0.25) is 0 Å². The molecule has 0 bridgehead atoms. The van der Waals surface area contributed by atoms with Crippen LogP contribution < -0.4 is 0 Å². The molecule has 0 aliphatic carbocycles. The van der Waals surface area contributed by atoms with Crippen molar-refractivity contribution in [3.63, 3.8) is 0 Å². The van der Waals surface area contributed by atoms with Gasteiger partial charge in [0.05, 0.1) is 5.52 Å². The summed E-state index contributed by atoms with van der Waals surface area (Å²) >= 11 is 0. The monoisotopic (exact) mass is 374 g/mol. The van der Waals surface area contributed by atoms with Crippen LogP contribution in [0.15, 0.2) is 54.6 Å². The largest absolute Gasteiger partial charge is 0.508 e. The number of hydrogen-bond acceptors (Lipinski definition) is 4. The Morgan fingerprint density at radius 3 is 2.32 bits per heavy atom. The molecule has 3 aromatic carbocycles. The Morgan fingerprint density at radius 2 is 1.64 bits per heavy atom. The van der Waals surface area contributed by atoms with Crippen molar-refractivity contribution >= 4 is 10.9 Å². The molecule has 5 heteroatoms. The van der Waals surface area contributed by atoms with Crippen LogP contribution in [0, 0.1) is 6.92 Å². The zero-order chi connectivity index (χ0) is 20.0. The minimum Gasteiger partial charge on any atom is -0.508 e. The van der Waals surface area contributed by atoms with E-state index in [2.05, 4.69) is 13.8 Å². The summed E-state index contributed by atoms with van der Waals surface area (Å²) in [5.41, 5.74) is 5.46. The van der Waals surface area contributed by atoms with Crippen LogP contribution in [0.4, 0.5) is 0 Å². The lowest BCUT2D eigenvalue weighted by atomic mass is 9.98. The first-order valence-electron chi connectivity index (χ1n) is 9.20. The van der Waals surface area contributed by atoms with E-state index in [0.29, 0.717) is 0 Å². The highest BCUT2D eigenvalue weighted by Gasteiger charge is 2.19. The highest BCUT2D eigenvalue weighted by molar-refractivity contribution is 6.02. The molecule has 0 amide bonds. The van der Waals surface area contributed by atoms with Crippen molar-refractivity contribution in [3.8, 4) is 39.6 Å². The maximum absolute atomic E-state index is 9.96. The fourth-order valence-corrected chi connectivity index (χ4v) is 3.60. The maximum Gasteiger partial charge on any atom is 0.158 e. The molecule has 0 spiro atoms. The molecule has 0 unspecified atom stereocenters. The fourth-order valence-electron chi connectivity index (χ4n) is 3.60. The Balaban J connectivity index is 2.04. The third kappa shape index (κ3) is 2.85. The Kier molecular flexibility index (Phi) is 4.23. The van der Waals surface area contributed by atoms with Crippen LogP contribution in [-0.2, 0) is 0 Å². The van der Waals surface area contributed by atoms with Gasteiger partial charge in [-0.3, -0.25) is 4.68 Å². The van der Waals surface area contributed by atoms with Crippen molar-refractivity contribution < 1.29 is 15.3 Å². The summed E-state index contributed by atoms with van der Waals surface area (Å²) in [6, 6.07) is 16.2. The lowest BCUT2D eigenvalue weighted by molar-refractivity contribution is 0.404. The van der Waals surface area contributed by atoms with Gasteiger partial charge in [0.2, 0.25) is 0 Å². The molecule has 0 saturated heterocycles. The van der Waals surface area contributed by atoms with Crippen molar-refractivity contribution in [2.24, 2.45) is 0 Å². The van der Waals surface area contributed by atoms with Gasteiger partial charge in [-0.1, -0.05) is 24.3 Å². The smallest absolute Gasteiger partial charge is 0.158 e. The molecular formula is C23H22N2O3. The van der Waals surface area contributed by atoms with Crippen LogP contribution in [0.5, 0.6) is 17.2 Å². The average Bonchev–Trinajstić information content (AvgIpc) is 3.04. The van der Waals surface area contributed by atoms with Crippen molar-refractivity contribution in [2.75, 3.05) is 0 Å². The molecule has 4 rings (SSSR count). The van der Waals surface area contributed by atoms with Crippen molar-refractivity contribution in [1.82, 2.24) is 9.78 Å². The van der Waals surface area contributed by atoms with Gasteiger partial charge >= 0.3 is 0 Å². The minimum absolute atomic E-state index is 0.125. The molecule has 0 atom stereocenters. The predicted molar refractivity (Wildman–Crippen MR) is 111 cm³/mol. The number of hydrogen-bond donors (Lipinski definition) is 3. The molecule has 28 heavy (non-hydrogen) atoms. The van der Waals surface area contributed by atoms with Gasteiger partial charge in [0.25, 0.3) is 0 Å². The zero-order valence-electron chi connectivity index (χ0n) is 16.0. The van der Waals surface area contributed by atoms with E-state index in [9.17, 15) is 15.3 Å². The summed E-state index contributed by atoms with van der Waals surface area (Å²) in [5, 5.41) is 35.3. The van der Waals surface area contributed by atoms with E-state index >= 15 is 0 Å². The Bertz CT molecular complexity index is 1190. The molecule has 142 valence electrons. The lowest BCUT2D eigenvalue weighted by Crippen LogP contribution is -2.03. The zero-order valence-corrected chi connectivity index (χ0v) is 16.0. The standard InChI is InChI=1S/C23H22N2O3/c1-13(2)25-23-18(15-7-10-20(27)21(28)12-15)5-4-6-19(23)22(24-25)17-9-8-16(26)11-14(17)3/h4-13,26-28H,1-3H3. The van der Waals surface area contributed by atoms with E-state index < -0.39 is 0 Å². The second-order valence-electron chi connectivity index (χ2n) is 7.29. The second-order valence-corrected chi connectivity index (χ2v) is 7.29. The Labute approximate surface area is 163 Å². The minimum atomic E-state index is -0.153. The fraction of sp³-hybridized carbons (Fsp3) is 0.174. The van der Waals surface area contributed by atoms with Crippen LogP contribution in [-0.4, -0.2) is 25.1 Å². The van der Waals surface area contributed by atoms with Gasteiger partial charge in [-0.25, -0.2) is 0 Å². The summed E-state index contributed by atoms with van der Waals surface area (Å²) < 4.78 is 1.98. The van der Waals surface area contributed by atoms with E-state index in [1.165, 1.54) is 6.07 Å². The average molecular weight is 374 g/mol. The predicted octanol–water partition coefficient (Wildman–Crippen LogP) is 5.38. The van der Waals surface area contributed by atoms with Crippen LogP contribution in [0.1, 0.15) is 25.5 Å². The summed E-state index contributed by atoms with van der Waals surface area (Å²) in [4.78, 5) is 0. The van der Waals surface area contributed by atoms with Crippen LogP contribution in [0.3, 0.4) is 0 Å². The molecule has 1 aromatic heterocycles. The van der Waals surface area contributed by atoms with Gasteiger partial charge in [-0.05, 0) is 62.2 Å². The molecular weight excluding hydrogens is 352 g/mol. The van der Waals surface area contributed by atoms with E-state index in [1.54, 1.807) is 24.3 Å². The summed E-state index contributed by atoms with van der Waals surface area (Å²) in [5.74, 6) is -0.0671. The number of nitrogens with zero attached hydrogens (tertiary/aromatic N) is 2. The first-order valence-corrected chi connectivity index (χ1v) is 9.20. The Morgan fingerprint density at radius 1 is 0.857 bits per heavy atom. The highest BCUT2D eigenvalue weighted by atomic mass is 16.3. The number of benzene rings is 3. The number of para-hydroxylation sites is 1. The topological polar surface area (TPSA) is 78.5 Å². The molecule has 3 N–H and O–H groups in total. The van der Waals surface area contributed by atoms with Gasteiger partial charge in [0.1, 0.15) is 11.4 Å². The number of phenols is 3. The molecule has 4 aromatic rings. The van der Waals surface area contributed by atoms with Crippen molar-refractivity contribution in [1.29, 1.82) is 0 Å². The number of aromatic hydroxyl groups is 3. The normalized spacial score (nSPS) is 11.4. The molecule has 0 radical (unpaired) electrons. The summed E-state index contributed by atoms with van der Waals surface area (Å²) in [7, 11) is 0. The number of aromatic nitrogens is 2. The van der Waals surface area contributed by atoms with Gasteiger partial charge in [0.15, 0.2) is 11.5 Å². The SMILES string of the molecule is Cc1cc(O)ccc1-c1nn(C(C)C)c2c(-c3ccc(O)c(O)c3)cccc12. The maximum atomic E-state index is 9.96. The molecule has 0 saturated carbocycles. The molecule has 0 fully saturated rings. The first-order chi connectivity index (χ1) is 13.4. The molecule has 0 aliphatic rings. The molecule has 0 aliphatic heterocycles. The van der Waals surface area contributed by atoms with Gasteiger partial charge in [-0.15, -0.1) is 0 Å². The highest BCUT2D eigenvalue weighted by Crippen LogP contribution is 2.39. The third-order valence-electron chi connectivity index (χ3n) is 4.97. The first kappa shape index (κ1) is 17.9. The number of aryl methyl sites for hydroxylation is 1. The summed E-state index contributed by atoms with van der Waals surface area (Å²) in [6.07, 6.45) is 0. The van der Waals surface area contributed by atoms with Crippen molar-refractivity contribution in [2.45, 2.75) is 26.8 Å². The van der Waals surface area contributed by atoms with Crippen LogP contribution in [0.25, 0.3) is 33.3 Å². The Hall–Kier alpha value is -3.47. The number of fused-ring (bicyclic) bond motifs is 1. The summed E-state index contributed by atoms with van der Waals surface area (Å²) in [6.45, 7) is 6.10. The lowest BCUT2D eigenvalue weighted by Gasteiger charge is -2.11. The second kappa shape index (κ2) is 6.60. The van der Waals surface area contributed by atoms with Crippen LogP contribution >= 0.6 is 0 Å².